The number of carbonyl (C=O) groups excluding carboxylic acids is 2. The lowest BCUT2D eigenvalue weighted by molar-refractivity contribution is -0.109. The zero-order valence-corrected chi connectivity index (χ0v) is 21.2. The SMILES string of the molecule is COC(=O)c1cccc(COCC2CC(SC(C)=O)CN2S(=O)(=O)c2ccc3ccccc3c2)c1. The Morgan fingerprint density at radius 2 is 1.80 bits per heavy atom. The fourth-order valence-electron chi connectivity index (χ4n) is 4.29. The van der Waals surface area contributed by atoms with E-state index in [4.69, 9.17) is 9.47 Å². The zero-order valence-electron chi connectivity index (χ0n) is 19.5. The minimum absolute atomic E-state index is 0.0424. The number of carbonyl (C=O) groups is 2. The van der Waals surface area contributed by atoms with Crippen molar-refractivity contribution in [2.75, 3.05) is 20.3 Å². The minimum atomic E-state index is -3.80. The highest BCUT2D eigenvalue weighted by Crippen LogP contribution is 2.33. The minimum Gasteiger partial charge on any atom is -0.465 e. The molecular weight excluding hydrogens is 486 g/mol. The number of ether oxygens (including phenoxy) is 2. The number of sulfonamides is 1. The van der Waals surface area contributed by atoms with Crippen molar-refractivity contribution in [2.45, 2.75) is 36.1 Å². The molecule has 7 nitrogen and oxygen atoms in total. The quantitative estimate of drug-likeness (QED) is 0.416. The van der Waals surface area contributed by atoms with Gasteiger partial charge in [0, 0.05) is 24.8 Å². The van der Waals surface area contributed by atoms with Crippen molar-refractivity contribution >= 4 is 43.6 Å². The van der Waals surface area contributed by atoms with E-state index in [-0.39, 0.29) is 35.0 Å². The van der Waals surface area contributed by atoms with Gasteiger partial charge in [-0.2, -0.15) is 4.31 Å². The maximum Gasteiger partial charge on any atom is 0.337 e. The van der Waals surface area contributed by atoms with Crippen LogP contribution in [0.25, 0.3) is 10.8 Å². The number of benzene rings is 3. The van der Waals surface area contributed by atoms with E-state index < -0.39 is 22.0 Å². The van der Waals surface area contributed by atoms with Crippen LogP contribution in [-0.4, -0.2) is 55.4 Å². The Labute approximate surface area is 209 Å². The van der Waals surface area contributed by atoms with Crippen LogP contribution >= 0.6 is 11.8 Å². The second kappa shape index (κ2) is 10.9. The molecule has 3 aromatic rings. The number of thioether (sulfide) groups is 1. The van der Waals surface area contributed by atoms with Crippen molar-refractivity contribution in [2.24, 2.45) is 0 Å². The van der Waals surface area contributed by atoms with Crippen LogP contribution in [0, 0.1) is 0 Å². The van der Waals surface area contributed by atoms with Crippen molar-refractivity contribution in [3.05, 3.63) is 77.9 Å². The molecule has 0 N–H and O–H groups in total. The highest BCUT2D eigenvalue weighted by Gasteiger charge is 2.41. The van der Waals surface area contributed by atoms with Gasteiger partial charge in [0.25, 0.3) is 0 Å². The second-order valence-electron chi connectivity index (χ2n) is 8.41. The maximum atomic E-state index is 13.6. The van der Waals surface area contributed by atoms with E-state index in [2.05, 4.69) is 0 Å². The van der Waals surface area contributed by atoms with Gasteiger partial charge in [0.15, 0.2) is 5.12 Å². The van der Waals surface area contributed by atoms with E-state index in [1.165, 1.54) is 30.1 Å². The number of hydrogen-bond acceptors (Lipinski definition) is 7. The second-order valence-corrected chi connectivity index (χ2v) is 11.8. The summed E-state index contributed by atoms with van der Waals surface area (Å²) in [5, 5.41) is 1.63. The van der Waals surface area contributed by atoms with Crippen LogP contribution in [0.5, 0.6) is 0 Å². The summed E-state index contributed by atoms with van der Waals surface area (Å²) in [4.78, 5) is 23.7. The number of esters is 1. The van der Waals surface area contributed by atoms with Gasteiger partial charge in [0.05, 0.1) is 30.8 Å². The summed E-state index contributed by atoms with van der Waals surface area (Å²) in [7, 11) is -2.47. The van der Waals surface area contributed by atoms with Gasteiger partial charge < -0.3 is 9.47 Å². The third kappa shape index (κ3) is 5.92. The molecule has 35 heavy (non-hydrogen) atoms. The molecule has 2 atom stereocenters. The highest BCUT2D eigenvalue weighted by atomic mass is 32.2. The molecule has 1 fully saturated rings. The summed E-state index contributed by atoms with van der Waals surface area (Å²) >= 11 is 1.17. The van der Waals surface area contributed by atoms with Crippen molar-refractivity contribution in [3.8, 4) is 0 Å². The smallest absolute Gasteiger partial charge is 0.337 e. The van der Waals surface area contributed by atoms with Gasteiger partial charge in [0.1, 0.15) is 0 Å². The maximum absolute atomic E-state index is 13.6. The van der Waals surface area contributed by atoms with Crippen molar-refractivity contribution in [3.63, 3.8) is 0 Å². The van der Waals surface area contributed by atoms with Gasteiger partial charge in [-0.05, 0) is 47.0 Å². The van der Waals surface area contributed by atoms with Gasteiger partial charge >= 0.3 is 5.97 Å². The van der Waals surface area contributed by atoms with Crippen LogP contribution < -0.4 is 0 Å². The molecule has 3 aromatic carbocycles. The van der Waals surface area contributed by atoms with Gasteiger partial charge in [-0.1, -0.05) is 54.2 Å². The molecule has 184 valence electrons. The molecule has 2 unspecified atom stereocenters. The molecule has 0 aliphatic carbocycles. The topological polar surface area (TPSA) is 90.0 Å². The Bertz CT molecular complexity index is 1340. The van der Waals surface area contributed by atoms with Crippen LogP contribution in [0.1, 0.15) is 29.3 Å². The molecule has 0 saturated carbocycles. The number of rotatable bonds is 8. The van der Waals surface area contributed by atoms with Gasteiger partial charge in [-0.25, -0.2) is 13.2 Å². The Balaban J connectivity index is 1.52. The zero-order chi connectivity index (χ0) is 25.0. The molecule has 4 rings (SSSR count). The third-order valence-electron chi connectivity index (χ3n) is 5.91. The summed E-state index contributed by atoms with van der Waals surface area (Å²) < 4.78 is 39.4. The van der Waals surface area contributed by atoms with E-state index in [9.17, 15) is 18.0 Å². The number of hydrogen-bond donors (Lipinski definition) is 0. The summed E-state index contributed by atoms with van der Waals surface area (Å²) in [5.41, 5.74) is 1.21. The van der Waals surface area contributed by atoms with Crippen LogP contribution in [0.2, 0.25) is 0 Å². The first-order valence-corrected chi connectivity index (χ1v) is 13.5. The molecule has 0 amide bonds. The van der Waals surface area contributed by atoms with Crippen LogP contribution in [-0.2, 0) is 30.9 Å². The lowest BCUT2D eigenvalue weighted by Gasteiger charge is -2.24. The van der Waals surface area contributed by atoms with Crippen molar-refractivity contribution in [1.29, 1.82) is 0 Å². The normalized spacial score (nSPS) is 18.6. The average molecular weight is 514 g/mol. The van der Waals surface area contributed by atoms with E-state index in [0.717, 1.165) is 16.3 Å². The molecular formula is C26H27NO6S2. The monoisotopic (exact) mass is 513 g/mol. The lowest BCUT2D eigenvalue weighted by atomic mass is 10.1. The average Bonchev–Trinajstić information content (AvgIpc) is 3.26. The molecule has 0 radical (unpaired) electrons. The van der Waals surface area contributed by atoms with Crippen LogP contribution in [0.15, 0.2) is 71.6 Å². The Morgan fingerprint density at radius 3 is 2.54 bits per heavy atom. The fraction of sp³-hybridized carbons (Fsp3) is 0.308. The first-order chi connectivity index (χ1) is 16.8. The van der Waals surface area contributed by atoms with E-state index in [1.54, 1.807) is 36.4 Å². The van der Waals surface area contributed by atoms with E-state index in [1.807, 2.05) is 30.3 Å². The first kappa shape index (κ1) is 25.4. The Hall–Kier alpha value is -2.72. The third-order valence-corrected chi connectivity index (χ3v) is 8.83. The predicted octanol–water partition coefficient (Wildman–Crippen LogP) is 4.25. The number of fused-ring (bicyclic) bond motifs is 1. The summed E-state index contributed by atoms with van der Waals surface area (Å²) in [6, 6.07) is 19.2. The Morgan fingerprint density at radius 1 is 1.03 bits per heavy atom. The summed E-state index contributed by atoms with van der Waals surface area (Å²) in [6.45, 7) is 2.12. The van der Waals surface area contributed by atoms with Gasteiger partial charge in [-0.15, -0.1) is 0 Å². The fourth-order valence-corrected chi connectivity index (χ4v) is 7.11. The lowest BCUT2D eigenvalue weighted by Crippen LogP contribution is -2.38. The van der Waals surface area contributed by atoms with Crippen LogP contribution in [0.4, 0.5) is 0 Å². The van der Waals surface area contributed by atoms with Crippen molar-refractivity contribution < 1.29 is 27.5 Å². The molecule has 0 bridgehead atoms. The molecule has 1 aliphatic heterocycles. The summed E-state index contributed by atoms with van der Waals surface area (Å²) in [6.07, 6.45) is 0.513. The molecule has 1 saturated heterocycles. The Kier molecular flexibility index (Phi) is 7.91. The predicted molar refractivity (Wildman–Crippen MR) is 136 cm³/mol. The standard InChI is InChI=1S/C26H27NO6S2/c1-18(28)34-24-14-23(17-33-16-19-6-5-9-22(12-19)26(29)32-2)27(15-24)35(30,31)25-11-10-20-7-3-4-8-21(20)13-25/h3-13,23-24H,14-17H2,1-2H3. The first-order valence-electron chi connectivity index (χ1n) is 11.2. The molecule has 0 aromatic heterocycles. The number of methoxy groups -OCH3 is 1. The number of nitrogens with zero attached hydrogens (tertiary/aromatic N) is 1. The van der Waals surface area contributed by atoms with E-state index >= 15 is 0 Å². The largest absolute Gasteiger partial charge is 0.465 e. The van der Waals surface area contributed by atoms with Crippen molar-refractivity contribution in [1.82, 2.24) is 4.31 Å². The molecule has 9 heteroatoms. The summed E-state index contributed by atoms with van der Waals surface area (Å²) in [5.74, 6) is -0.431. The van der Waals surface area contributed by atoms with Crippen LogP contribution in [0.3, 0.4) is 0 Å². The molecule has 1 aliphatic rings. The van der Waals surface area contributed by atoms with Gasteiger partial charge in [0.2, 0.25) is 10.0 Å². The molecule has 1 heterocycles. The molecule has 0 spiro atoms. The van der Waals surface area contributed by atoms with Gasteiger partial charge in [-0.3, -0.25) is 4.79 Å². The van der Waals surface area contributed by atoms with E-state index in [0.29, 0.717) is 12.0 Å². The highest BCUT2D eigenvalue weighted by molar-refractivity contribution is 8.14.